The van der Waals surface area contributed by atoms with Crippen LogP contribution in [0.5, 0.6) is 0 Å². The van der Waals surface area contributed by atoms with Crippen LogP contribution in [0.25, 0.3) is 10.8 Å². The molecule has 0 saturated carbocycles. The van der Waals surface area contributed by atoms with E-state index in [2.05, 4.69) is 30.3 Å². The second kappa shape index (κ2) is 5.28. The second-order valence-electron chi connectivity index (χ2n) is 4.46. The third kappa shape index (κ3) is 2.49. The zero-order valence-electron chi connectivity index (χ0n) is 10.1. The lowest BCUT2D eigenvalue weighted by molar-refractivity contribution is 0.565. The van der Waals surface area contributed by atoms with E-state index >= 15 is 0 Å². The minimum atomic E-state index is -0.183. The fraction of sp³-hybridized carbons (Fsp3) is 0.125. The van der Waals surface area contributed by atoms with Crippen molar-refractivity contribution in [2.75, 3.05) is 0 Å². The third-order valence-electron chi connectivity index (χ3n) is 3.26. The zero-order chi connectivity index (χ0) is 13.2. The predicted molar refractivity (Wildman–Crippen MR) is 80.0 cm³/mol. The van der Waals surface area contributed by atoms with Gasteiger partial charge in [-0.1, -0.05) is 42.5 Å². The van der Waals surface area contributed by atoms with Crippen LogP contribution in [-0.4, -0.2) is 0 Å². The summed E-state index contributed by atoms with van der Waals surface area (Å²) in [6.45, 7) is 0. The van der Waals surface area contributed by atoms with Crippen LogP contribution in [-0.2, 0) is 6.42 Å². The topological polar surface area (TPSA) is 13.1 Å². The molecule has 3 aromatic rings. The highest BCUT2D eigenvalue weighted by Crippen LogP contribution is 2.33. The van der Waals surface area contributed by atoms with Crippen LogP contribution >= 0.6 is 23.2 Å². The molecule has 1 heterocycles. The molecule has 1 unspecified atom stereocenters. The van der Waals surface area contributed by atoms with Crippen molar-refractivity contribution in [1.82, 2.24) is 0 Å². The van der Waals surface area contributed by atoms with Gasteiger partial charge >= 0.3 is 0 Å². The van der Waals surface area contributed by atoms with Crippen LogP contribution in [0.3, 0.4) is 0 Å². The number of alkyl halides is 1. The summed E-state index contributed by atoms with van der Waals surface area (Å²) < 4.78 is 5.09. The molecule has 0 N–H and O–H groups in total. The molecule has 96 valence electrons. The van der Waals surface area contributed by atoms with E-state index in [0.717, 1.165) is 12.0 Å². The highest BCUT2D eigenvalue weighted by atomic mass is 35.5. The molecule has 1 nitrogen and oxygen atoms in total. The minimum absolute atomic E-state index is 0.183. The molecule has 3 heteroatoms. The zero-order valence-corrected chi connectivity index (χ0v) is 11.7. The van der Waals surface area contributed by atoms with E-state index in [1.165, 1.54) is 16.3 Å². The number of rotatable bonds is 3. The molecule has 19 heavy (non-hydrogen) atoms. The Labute approximate surface area is 121 Å². The van der Waals surface area contributed by atoms with E-state index in [-0.39, 0.29) is 5.38 Å². The Morgan fingerprint density at radius 2 is 1.79 bits per heavy atom. The molecule has 2 aromatic carbocycles. The van der Waals surface area contributed by atoms with Gasteiger partial charge in [0.15, 0.2) is 5.22 Å². The maximum atomic E-state index is 6.44. The highest BCUT2D eigenvalue weighted by molar-refractivity contribution is 6.31. The van der Waals surface area contributed by atoms with E-state index in [1.807, 2.05) is 18.2 Å². The van der Waals surface area contributed by atoms with E-state index in [9.17, 15) is 0 Å². The minimum Gasteiger partial charge on any atom is -0.453 e. The van der Waals surface area contributed by atoms with Gasteiger partial charge in [0.1, 0.15) is 0 Å². The van der Waals surface area contributed by atoms with Gasteiger partial charge in [-0.15, -0.1) is 11.6 Å². The maximum absolute atomic E-state index is 6.44. The largest absolute Gasteiger partial charge is 0.453 e. The molecule has 3 rings (SSSR count). The first kappa shape index (κ1) is 12.6. The van der Waals surface area contributed by atoms with Crippen molar-refractivity contribution in [2.45, 2.75) is 11.8 Å². The van der Waals surface area contributed by atoms with Crippen LogP contribution < -0.4 is 0 Å². The Bertz CT molecular complexity index is 697. The van der Waals surface area contributed by atoms with E-state index in [0.29, 0.717) is 5.22 Å². The van der Waals surface area contributed by atoms with E-state index in [1.54, 1.807) is 6.26 Å². The first-order chi connectivity index (χ1) is 9.25. The van der Waals surface area contributed by atoms with Gasteiger partial charge in [0.25, 0.3) is 0 Å². The standard InChI is InChI=1S/C16H12Cl2O/c17-15(14-8-9-19-16(14)18)10-12-6-3-5-11-4-1-2-7-13(11)12/h1-9,15H,10H2. The Morgan fingerprint density at radius 1 is 1.00 bits per heavy atom. The van der Waals surface area contributed by atoms with Crippen molar-refractivity contribution in [3.05, 3.63) is 71.1 Å². The average molecular weight is 291 g/mol. The molecule has 0 fully saturated rings. The molecule has 0 spiro atoms. The summed E-state index contributed by atoms with van der Waals surface area (Å²) in [5.74, 6) is 0. The van der Waals surface area contributed by atoms with Crippen molar-refractivity contribution < 1.29 is 4.42 Å². The van der Waals surface area contributed by atoms with Gasteiger partial charge in [0.05, 0.1) is 11.6 Å². The maximum Gasteiger partial charge on any atom is 0.197 e. The van der Waals surface area contributed by atoms with Crippen LogP contribution in [0.4, 0.5) is 0 Å². The average Bonchev–Trinajstić information content (AvgIpc) is 2.85. The predicted octanol–water partition coefficient (Wildman–Crippen LogP) is 5.61. The fourth-order valence-electron chi connectivity index (χ4n) is 2.30. The Hall–Kier alpha value is -1.44. The van der Waals surface area contributed by atoms with Crippen molar-refractivity contribution in [2.24, 2.45) is 0 Å². The summed E-state index contributed by atoms with van der Waals surface area (Å²) in [4.78, 5) is 0. The van der Waals surface area contributed by atoms with Gasteiger partial charge in [-0.25, -0.2) is 0 Å². The fourth-order valence-corrected chi connectivity index (χ4v) is 2.94. The van der Waals surface area contributed by atoms with Crippen LogP contribution in [0.15, 0.2) is 59.2 Å². The lowest BCUT2D eigenvalue weighted by atomic mass is 9.99. The van der Waals surface area contributed by atoms with Gasteiger partial charge in [-0.2, -0.15) is 0 Å². The lowest BCUT2D eigenvalue weighted by Gasteiger charge is -2.10. The Kier molecular flexibility index (Phi) is 3.50. The lowest BCUT2D eigenvalue weighted by Crippen LogP contribution is -1.96. The molecule has 0 bridgehead atoms. The first-order valence-corrected chi connectivity index (χ1v) is 6.91. The van der Waals surface area contributed by atoms with Gasteiger partial charge in [-0.05, 0) is 40.4 Å². The van der Waals surface area contributed by atoms with Crippen molar-refractivity contribution in [3.8, 4) is 0 Å². The summed E-state index contributed by atoms with van der Waals surface area (Å²) in [5, 5.41) is 2.65. The van der Waals surface area contributed by atoms with Gasteiger partial charge < -0.3 is 4.42 Å². The third-order valence-corrected chi connectivity index (χ3v) is 3.96. The molecular weight excluding hydrogens is 279 g/mol. The Balaban J connectivity index is 1.96. The molecule has 0 amide bonds. The van der Waals surface area contributed by atoms with Gasteiger partial charge in [0, 0.05) is 5.56 Å². The smallest absolute Gasteiger partial charge is 0.197 e. The van der Waals surface area contributed by atoms with Gasteiger partial charge in [-0.3, -0.25) is 0 Å². The highest BCUT2D eigenvalue weighted by Gasteiger charge is 2.15. The van der Waals surface area contributed by atoms with Crippen LogP contribution in [0.1, 0.15) is 16.5 Å². The molecular formula is C16H12Cl2O. The number of halogens is 2. The monoisotopic (exact) mass is 290 g/mol. The molecule has 0 aliphatic rings. The molecule has 1 aromatic heterocycles. The van der Waals surface area contributed by atoms with E-state index < -0.39 is 0 Å². The number of benzene rings is 2. The summed E-state index contributed by atoms with van der Waals surface area (Å²) in [6, 6.07) is 16.4. The number of hydrogen-bond donors (Lipinski definition) is 0. The molecule has 0 radical (unpaired) electrons. The second-order valence-corrected chi connectivity index (χ2v) is 5.33. The van der Waals surface area contributed by atoms with Crippen molar-refractivity contribution in [1.29, 1.82) is 0 Å². The van der Waals surface area contributed by atoms with Crippen molar-refractivity contribution in [3.63, 3.8) is 0 Å². The number of hydrogen-bond acceptors (Lipinski definition) is 1. The van der Waals surface area contributed by atoms with Crippen LogP contribution in [0, 0.1) is 0 Å². The molecule has 1 atom stereocenters. The summed E-state index contributed by atoms with van der Waals surface area (Å²) in [5.41, 5.74) is 2.06. The van der Waals surface area contributed by atoms with Gasteiger partial charge in [0.2, 0.25) is 0 Å². The molecule has 0 aliphatic carbocycles. The summed E-state index contributed by atoms with van der Waals surface area (Å²) in [7, 11) is 0. The number of fused-ring (bicyclic) bond motifs is 1. The summed E-state index contributed by atoms with van der Waals surface area (Å²) in [6.07, 6.45) is 2.29. The Morgan fingerprint density at radius 3 is 2.58 bits per heavy atom. The first-order valence-electron chi connectivity index (χ1n) is 6.09. The molecule has 0 aliphatic heterocycles. The van der Waals surface area contributed by atoms with Crippen molar-refractivity contribution >= 4 is 34.0 Å². The number of furan rings is 1. The van der Waals surface area contributed by atoms with E-state index in [4.69, 9.17) is 27.6 Å². The SMILES string of the molecule is Clc1occc1C(Cl)Cc1cccc2ccccc12. The van der Waals surface area contributed by atoms with Crippen LogP contribution in [0.2, 0.25) is 5.22 Å². The normalized spacial score (nSPS) is 12.7. The summed E-state index contributed by atoms with van der Waals surface area (Å²) >= 11 is 12.4. The molecule has 0 saturated heterocycles. The quantitative estimate of drug-likeness (QED) is 0.572.